The molecular formula is C12H9BrO2. The molecule has 0 atom stereocenters. The first-order chi connectivity index (χ1) is 7.10. The van der Waals surface area contributed by atoms with Crippen LogP contribution in [0.1, 0.15) is 5.56 Å². The Kier molecular flexibility index (Phi) is 2.59. The normalized spacial score (nSPS) is 18.1. The largest absolute Gasteiger partial charge is 0.377 e. The summed E-state index contributed by atoms with van der Waals surface area (Å²) in [6.45, 7) is 0. The molecule has 0 amide bonds. The van der Waals surface area contributed by atoms with Gasteiger partial charge in [-0.2, -0.15) is 0 Å². The van der Waals surface area contributed by atoms with E-state index in [0.29, 0.717) is 0 Å². The zero-order valence-electron chi connectivity index (χ0n) is 7.85. The molecule has 0 spiro atoms. The van der Waals surface area contributed by atoms with E-state index in [9.17, 15) is 9.90 Å². The minimum absolute atomic E-state index is 0.100. The number of aliphatic hydroxyl groups is 1. The zero-order valence-corrected chi connectivity index (χ0v) is 9.44. The predicted octanol–water partition coefficient (Wildman–Crippen LogP) is 2.33. The highest BCUT2D eigenvalue weighted by molar-refractivity contribution is 9.10. The Morgan fingerprint density at radius 1 is 1.07 bits per heavy atom. The molecule has 3 heteroatoms. The third kappa shape index (κ3) is 2.08. The fourth-order valence-corrected chi connectivity index (χ4v) is 1.70. The maximum absolute atomic E-state index is 10.9. The van der Waals surface area contributed by atoms with E-state index in [1.165, 1.54) is 24.3 Å². The van der Waals surface area contributed by atoms with Crippen molar-refractivity contribution in [3.05, 3.63) is 58.6 Å². The number of hydrogen-bond donors (Lipinski definition) is 1. The lowest BCUT2D eigenvalue weighted by atomic mass is 9.90. The van der Waals surface area contributed by atoms with Gasteiger partial charge in [-0.3, -0.25) is 4.79 Å². The summed E-state index contributed by atoms with van der Waals surface area (Å²) >= 11 is 3.32. The van der Waals surface area contributed by atoms with Gasteiger partial charge in [0.1, 0.15) is 5.60 Å². The van der Waals surface area contributed by atoms with Crippen molar-refractivity contribution in [1.29, 1.82) is 0 Å². The third-order valence-electron chi connectivity index (χ3n) is 2.31. The van der Waals surface area contributed by atoms with Gasteiger partial charge >= 0.3 is 0 Å². The number of ketones is 1. The number of rotatable bonds is 1. The van der Waals surface area contributed by atoms with Crippen LogP contribution in [-0.4, -0.2) is 10.9 Å². The summed E-state index contributed by atoms with van der Waals surface area (Å²) in [7, 11) is 0. The molecule has 76 valence electrons. The molecule has 0 heterocycles. The van der Waals surface area contributed by atoms with Crippen molar-refractivity contribution >= 4 is 21.7 Å². The highest BCUT2D eigenvalue weighted by Gasteiger charge is 2.25. The van der Waals surface area contributed by atoms with Crippen molar-refractivity contribution < 1.29 is 9.90 Å². The van der Waals surface area contributed by atoms with Crippen molar-refractivity contribution in [3.8, 4) is 0 Å². The van der Waals surface area contributed by atoms with Crippen LogP contribution in [0.3, 0.4) is 0 Å². The van der Waals surface area contributed by atoms with Crippen molar-refractivity contribution in [2.75, 3.05) is 0 Å². The summed E-state index contributed by atoms with van der Waals surface area (Å²) in [6.07, 6.45) is 5.75. The summed E-state index contributed by atoms with van der Waals surface area (Å²) in [5.74, 6) is -0.100. The van der Waals surface area contributed by atoms with E-state index in [1.54, 1.807) is 0 Å². The van der Waals surface area contributed by atoms with Crippen molar-refractivity contribution in [1.82, 2.24) is 0 Å². The van der Waals surface area contributed by atoms with Gasteiger partial charge < -0.3 is 5.11 Å². The molecule has 0 fully saturated rings. The highest BCUT2D eigenvalue weighted by Crippen LogP contribution is 2.27. The maximum Gasteiger partial charge on any atom is 0.178 e. The molecule has 0 radical (unpaired) electrons. The van der Waals surface area contributed by atoms with Crippen molar-refractivity contribution in [2.24, 2.45) is 0 Å². The third-order valence-corrected chi connectivity index (χ3v) is 2.84. The van der Waals surface area contributed by atoms with Gasteiger partial charge in [0, 0.05) is 4.47 Å². The van der Waals surface area contributed by atoms with E-state index < -0.39 is 5.60 Å². The first-order valence-electron chi connectivity index (χ1n) is 4.51. The Bertz CT molecular complexity index is 427. The smallest absolute Gasteiger partial charge is 0.178 e. The lowest BCUT2D eigenvalue weighted by Gasteiger charge is -2.22. The van der Waals surface area contributed by atoms with Crippen LogP contribution in [0.15, 0.2) is 53.0 Å². The molecule has 0 saturated carbocycles. The number of halogens is 1. The van der Waals surface area contributed by atoms with Crippen LogP contribution in [0.5, 0.6) is 0 Å². The van der Waals surface area contributed by atoms with Gasteiger partial charge in [0.25, 0.3) is 0 Å². The minimum atomic E-state index is -1.16. The van der Waals surface area contributed by atoms with Gasteiger partial charge in [-0.25, -0.2) is 0 Å². The van der Waals surface area contributed by atoms with Gasteiger partial charge in [0.05, 0.1) is 0 Å². The molecule has 2 rings (SSSR count). The molecule has 0 aromatic heterocycles. The Morgan fingerprint density at radius 2 is 1.60 bits per heavy atom. The van der Waals surface area contributed by atoms with Crippen molar-refractivity contribution in [2.45, 2.75) is 5.60 Å². The summed E-state index contributed by atoms with van der Waals surface area (Å²) in [5.41, 5.74) is -0.417. The van der Waals surface area contributed by atoms with E-state index in [-0.39, 0.29) is 5.78 Å². The highest BCUT2D eigenvalue weighted by atomic mass is 79.9. The van der Waals surface area contributed by atoms with Crippen LogP contribution in [0, 0.1) is 0 Å². The molecule has 1 aromatic carbocycles. The second-order valence-corrected chi connectivity index (χ2v) is 4.32. The summed E-state index contributed by atoms with van der Waals surface area (Å²) < 4.78 is 0.953. The number of allylic oxidation sites excluding steroid dienone is 2. The summed E-state index contributed by atoms with van der Waals surface area (Å²) in [6, 6.07) is 7.33. The fraction of sp³-hybridized carbons (Fsp3) is 0.0833. The minimum Gasteiger partial charge on any atom is -0.377 e. The van der Waals surface area contributed by atoms with Gasteiger partial charge in [0.15, 0.2) is 5.78 Å². The van der Waals surface area contributed by atoms with Gasteiger partial charge in [0.2, 0.25) is 0 Å². The van der Waals surface area contributed by atoms with Crippen LogP contribution in [0.25, 0.3) is 0 Å². The van der Waals surface area contributed by atoms with E-state index in [0.717, 1.165) is 10.0 Å². The van der Waals surface area contributed by atoms with Crippen LogP contribution in [-0.2, 0) is 10.4 Å². The summed E-state index contributed by atoms with van der Waals surface area (Å²) in [4.78, 5) is 10.9. The maximum atomic E-state index is 10.9. The number of hydrogen-bond acceptors (Lipinski definition) is 2. The second-order valence-electron chi connectivity index (χ2n) is 3.40. The van der Waals surface area contributed by atoms with Gasteiger partial charge in [-0.1, -0.05) is 28.1 Å². The Balaban J connectivity index is 2.38. The molecule has 1 aliphatic carbocycles. The lowest BCUT2D eigenvalue weighted by Crippen LogP contribution is -2.22. The molecule has 1 N–H and O–H groups in total. The molecule has 15 heavy (non-hydrogen) atoms. The van der Waals surface area contributed by atoms with E-state index in [4.69, 9.17) is 0 Å². The average molecular weight is 265 g/mol. The van der Waals surface area contributed by atoms with E-state index >= 15 is 0 Å². The fourth-order valence-electron chi connectivity index (χ4n) is 1.44. The zero-order chi connectivity index (χ0) is 10.9. The van der Waals surface area contributed by atoms with Crippen LogP contribution >= 0.6 is 15.9 Å². The van der Waals surface area contributed by atoms with Crippen LogP contribution in [0.2, 0.25) is 0 Å². The van der Waals surface area contributed by atoms with Crippen molar-refractivity contribution in [3.63, 3.8) is 0 Å². The molecular weight excluding hydrogens is 256 g/mol. The molecule has 0 bridgehead atoms. The molecule has 1 aliphatic rings. The number of carbonyl (C=O) groups is 1. The number of benzene rings is 1. The van der Waals surface area contributed by atoms with Crippen LogP contribution < -0.4 is 0 Å². The monoisotopic (exact) mass is 264 g/mol. The van der Waals surface area contributed by atoms with E-state index in [1.807, 2.05) is 24.3 Å². The predicted molar refractivity (Wildman–Crippen MR) is 61.3 cm³/mol. The number of carbonyl (C=O) groups excluding carboxylic acids is 1. The van der Waals surface area contributed by atoms with Gasteiger partial charge in [-0.05, 0) is 42.0 Å². The topological polar surface area (TPSA) is 37.3 Å². The first kappa shape index (κ1) is 10.3. The first-order valence-corrected chi connectivity index (χ1v) is 5.30. The van der Waals surface area contributed by atoms with Crippen LogP contribution in [0.4, 0.5) is 0 Å². The second kappa shape index (κ2) is 3.76. The summed E-state index contributed by atoms with van der Waals surface area (Å²) in [5, 5.41) is 10.2. The molecule has 0 saturated heterocycles. The van der Waals surface area contributed by atoms with Gasteiger partial charge in [-0.15, -0.1) is 0 Å². The van der Waals surface area contributed by atoms with E-state index in [2.05, 4.69) is 15.9 Å². The SMILES string of the molecule is O=C1C=CC(O)(c2ccc(Br)cc2)C=C1. The average Bonchev–Trinajstić information content (AvgIpc) is 2.24. The molecule has 0 aliphatic heterocycles. The molecule has 1 aromatic rings. The molecule has 2 nitrogen and oxygen atoms in total. The molecule has 0 unspecified atom stereocenters. The lowest BCUT2D eigenvalue weighted by molar-refractivity contribution is -0.110. The standard InChI is InChI=1S/C12H9BrO2/c13-10-3-1-9(2-4-10)12(15)7-5-11(14)6-8-12/h1-8,15H. The Morgan fingerprint density at radius 3 is 2.13 bits per heavy atom. The quantitative estimate of drug-likeness (QED) is 0.846. The Hall–Kier alpha value is -1.19. The Labute approximate surface area is 96.1 Å².